The van der Waals surface area contributed by atoms with E-state index in [1.165, 1.54) is 55.7 Å². The van der Waals surface area contributed by atoms with Crippen LogP contribution in [0.5, 0.6) is 0 Å². The van der Waals surface area contributed by atoms with Gasteiger partial charge >= 0.3 is 0 Å². The van der Waals surface area contributed by atoms with Crippen LogP contribution in [0.3, 0.4) is 0 Å². The Labute approximate surface area is 164 Å². The predicted octanol–water partition coefficient (Wildman–Crippen LogP) is 8.00. The molecule has 27 heavy (non-hydrogen) atoms. The molecule has 2 aromatic rings. The van der Waals surface area contributed by atoms with Gasteiger partial charge in [-0.3, -0.25) is 0 Å². The van der Waals surface area contributed by atoms with Crippen LogP contribution in [0.15, 0.2) is 70.8 Å². The van der Waals surface area contributed by atoms with Gasteiger partial charge in [-0.1, -0.05) is 83.0 Å². The van der Waals surface area contributed by atoms with Crippen LogP contribution in [0.1, 0.15) is 63.8 Å². The van der Waals surface area contributed by atoms with Crippen molar-refractivity contribution in [3.63, 3.8) is 0 Å². The molecule has 0 unspecified atom stereocenters. The fourth-order valence-corrected chi connectivity index (χ4v) is 4.02. The van der Waals surface area contributed by atoms with Crippen LogP contribution in [0, 0.1) is 0 Å². The Kier molecular flexibility index (Phi) is 5.65. The van der Waals surface area contributed by atoms with Crippen molar-refractivity contribution in [3.8, 4) is 11.1 Å². The van der Waals surface area contributed by atoms with Gasteiger partial charge in [-0.25, -0.2) is 0 Å². The molecule has 0 aromatic heterocycles. The average molecular weight is 355 g/mol. The summed E-state index contributed by atoms with van der Waals surface area (Å²) in [7, 11) is 0. The van der Waals surface area contributed by atoms with Gasteiger partial charge in [0.15, 0.2) is 0 Å². The zero-order chi connectivity index (χ0) is 19.6. The van der Waals surface area contributed by atoms with E-state index in [9.17, 15) is 0 Å². The highest BCUT2D eigenvalue weighted by atomic mass is 14.2. The van der Waals surface area contributed by atoms with Gasteiger partial charge in [0.05, 0.1) is 0 Å². The number of allylic oxidation sites excluding steroid dienone is 6. The average Bonchev–Trinajstić information content (AvgIpc) is 2.94. The molecule has 3 rings (SSSR count). The van der Waals surface area contributed by atoms with E-state index < -0.39 is 0 Å². The summed E-state index contributed by atoms with van der Waals surface area (Å²) in [5, 5.41) is 0. The first kappa shape index (κ1) is 19.2. The lowest BCUT2D eigenvalue weighted by atomic mass is 9.93. The van der Waals surface area contributed by atoms with Crippen molar-refractivity contribution in [1.82, 2.24) is 0 Å². The number of fused-ring (bicyclic) bond motifs is 3. The van der Waals surface area contributed by atoms with Crippen molar-refractivity contribution < 1.29 is 0 Å². The predicted molar refractivity (Wildman–Crippen MR) is 121 cm³/mol. The monoisotopic (exact) mass is 354 g/mol. The van der Waals surface area contributed by atoms with E-state index in [0.29, 0.717) is 0 Å². The lowest BCUT2D eigenvalue weighted by molar-refractivity contribution is 1.25. The minimum Gasteiger partial charge on any atom is -0.0762 e. The topological polar surface area (TPSA) is 0 Å². The second kappa shape index (κ2) is 7.96. The van der Waals surface area contributed by atoms with Crippen LogP contribution in [0.25, 0.3) is 23.3 Å². The van der Waals surface area contributed by atoms with Gasteiger partial charge in [0.25, 0.3) is 0 Å². The summed E-state index contributed by atoms with van der Waals surface area (Å²) in [6, 6.07) is 13.4. The molecule has 0 spiro atoms. The van der Waals surface area contributed by atoms with Crippen LogP contribution in [0.2, 0.25) is 0 Å². The first-order valence-electron chi connectivity index (χ1n) is 9.75. The lowest BCUT2D eigenvalue weighted by Crippen LogP contribution is -1.92. The van der Waals surface area contributed by atoms with E-state index in [-0.39, 0.29) is 0 Å². The standard InChI is InChI=1S/C27H30/c1-18(2)13-20(5)15-23-11-12-25-24-10-8-7-9-22(24)17-27(25)26(23)16-21(6)14-19(3)4/h7-16H,17H2,1-6H3. The molecular formula is C27H30. The van der Waals surface area contributed by atoms with E-state index in [0.717, 1.165) is 6.42 Å². The number of benzene rings is 2. The normalized spacial score (nSPS) is 13.1. The Balaban J connectivity index is 2.20. The van der Waals surface area contributed by atoms with E-state index >= 15 is 0 Å². The highest BCUT2D eigenvalue weighted by molar-refractivity contribution is 5.85. The largest absolute Gasteiger partial charge is 0.0762 e. The van der Waals surface area contributed by atoms with E-state index in [1.54, 1.807) is 0 Å². The van der Waals surface area contributed by atoms with Crippen LogP contribution >= 0.6 is 0 Å². The smallest absolute Gasteiger partial charge is 0.000728 e. The summed E-state index contributed by atoms with van der Waals surface area (Å²) in [6.07, 6.45) is 10.2. The highest BCUT2D eigenvalue weighted by Crippen LogP contribution is 2.40. The summed E-state index contributed by atoms with van der Waals surface area (Å²) in [5.74, 6) is 0. The Bertz CT molecular complexity index is 983. The van der Waals surface area contributed by atoms with Crippen molar-refractivity contribution in [2.45, 2.75) is 48.0 Å². The molecule has 0 fully saturated rings. The Morgan fingerprint density at radius 2 is 1.33 bits per heavy atom. The molecule has 0 N–H and O–H groups in total. The maximum Gasteiger partial charge on any atom is -0.000728 e. The molecule has 0 heteroatoms. The zero-order valence-electron chi connectivity index (χ0n) is 17.5. The van der Waals surface area contributed by atoms with E-state index in [1.807, 2.05) is 0 Å². The van der Waals surface area contributed by atoms with Gasteiger partial charge in [-0.05, 0) is 81.3 Å². The molecule has 0 radical (unpaired) electrons. The Morgan fingerprint density at radius 3 is 2.00 bits per heavy atom. The van der Waals surface area contributed by atoms with Crippen LogP contribution in [-0.2, 0) is 6.42 Å². The molecule has 0 bridgehead atoms. The molecule has 0 aliphatic heterocycles. The van der Waals surface area contributed by atoms with Gasteiger partial charge in [0.1, 0.15) is 0 Å². The van der Waals surface area contributed by atoms with Gasteiger partial charge in [0, 0.05) is 0 Å². The van der Waals surface area contributed by atoms with Crippen molar-refractivity contribution >= 4 is 12.2 Å². The molecule has 138 valence electrons. The number of hydrogen-bond acceptors (Lipinski definition) is 0. The summed E-state index contributed by atoms with van der Waals surface area (Å²) in [4.78, 5) is 0. The fraction of sp³-hybridized carbons (Fsp3) is 0.259. The number of rotatable bonds is 4. The molecule has 1 aliphatic rings. The summed E-state index contributed by atoms with van der Waals surface area (Å²) in [6.45, 7) is 13.0. The van der Waals surface area contributed by atoms with Crippen molar-refractivity contribution in [1.29, 1.82) is 0 Å². The summed E-state index contributed by atoms with van der Waals surface area (Å²) >= 11 is 0. The zero-order valence-corrected chi connectivity index (χ0v) is 17.5. The van der Waals surface area contributed by atoms with Gasteiger partial charge in [0.2, 0.25) is 0 Å². The first-order valence-corrected chi connectivity index (χ1v) is 9.75. The molecule has 0 heterocycles. The third-order valence-corrected chi connectivity index (χ3v) is 4.85. The minimum absolute atomic E-state index is 1.02. The Hall–Kier alpha value is -2.60. The molecule has 0 saturated carbocycles. The van der Waals surface area contributed by atoms with Gasteiger partial charge in [-0.15, -0.1) is 0 Å². The molecule has 0 amide bonds. The highest BCUT2D eigenvalue weighted by Gasteiger charge is 2.21. The summed E-state index contributed by atoms with van der Waals surface area (Å²) in [5.41, 5.74) is 13.6. The second-order valence-electron chi connectivity index (χ2n) is 8.15. The quantitative estimate of drug-likeness (QED) is 0.416. The molecule has 2 aromatic carbocycles. The molecule has 0 nitrogen and oxygen atoms in total. The molecule has 0 saturated heterocycles. The van der Waals surface area contributed by atoms with E-state index in [2.05, 4.69) is 102 Å². The third-order valence-electron chi connectivity index (χ3n) is 4.85. The van der Waals surface area contributed by atoms with Crippen molar-refractivity contribution in [2.24, 2.45) is 0 Å². The van der Waals surface area contributed by atoms with Crippen LogP contribution in [0.4, 0.5) is 0 Å². The third kappa shape index (κ3) is 4.39. The van der Waals surface area contributed by atoms with Crippen LogP contribution < -0.4 is 0 Å². The minimum atomic E-state index is 1.02. The maximum atomic E-state index is 2.36. The van der Waals surface area contributed by atoms with Crippen molar-refractivity contribution in [2.75, 3.05) is 0 Å². The molecule has 1 aliphatic carbocycles. The number of hydrogen-bond donors (Lipinski definition) is 0. The van der Waals surface area contributed by atoms with Crippen LogP contribution in [-0.4, -0.2) is 0 Å². The summed E-state index contributed by atoms with van der Waals surface area (Å²) < 4.78 is 0. The second-order valence-corrected chi connectivity index (χ2v) is 8.15. The SMILES string of the molecule is CC(C)=CC(C)=Cc1ccc2c(c1C=C(C)C=C(C)C)Cc1ccccc1-2. The first-order chi connectivity index (χ1) is 12.8. The van der Waals surface area contributed by atoms with Crippen molar-refractivity contribution in [3.05, 3.63) is 93.1 Å². The van der Waals surface area contributed by atoms with Gasteiger partial charge < -0.3 is 0 Å². The molecular weight excluding hydrogens is 324 g/mol. The van der Waals surface area contributed by atoms with Gasteiger partial charge in [-0.2, -0.15) is 0 Å². The van der Waals surface area contributed by atoms with E-state index in [4.69, 9.17) is 0 Å². The maximum absolute atomic E-state index is 2.36. The molecule has 0 atom stereocenters. The Morgan fingerprint density at radius 1 is 0.704 bits per heavy atom. The fourth-order valence-electron chi connectivity index (χ4n) is 4.02. The lowest BCUT2D eigenvalue weighted by Gasteiger charge is -2.11.